The molecule has 5 atom stereocenters. The van der Waals surface area contributed by atoms with Gasteiger partial charge in [0, 0.05) is 12.3 Å². The Labute approximate surface area is 295 Å². The van der Waals surface area contributed by atoms with E-state index >= 15 is 0 Å². The van der Waals surface area contributed by atoms with Crippen molar-refractivity contribution in [1.82, 2.24) is 25.2 Å². The van der Waals surface area contributed by atoms with Crippen LogP contribution in [0, 0.1) is 5.92 Å². The van der Waals surface area contributed by atoms with Crippen molar-refractivity contribution in [3.8, 4) is 10.9 Å². The first-order valence-electron chi connectivity index (χ1n) is 17.1. The van der Waals surface area contributed by atoms with E-state index in [9.17, 15) is 27.6 Å². The van der Waals surface area contributed by atoms with Crippen LogP contribution in [0.3, 0.4) is 0 Å². The third-order valence-electron chi connectivity index (χ3n) is 9.38. The minimum atomic E-state index is -3.87. The molecule has 4 amide bonds. The van der Waals surface area contributed by atoms with Gasteiger partial charge in [-0.2, -0.15) is 0 Å². The molecule has 0 radical (unpaired) electrons. The van der Waals surface area contributed by atoms with E-state index in [2.05, 4.69) is 20.3 Å². The van der Waals surface area contributed by atoms with E-state index in [0.717, 1.165) is 17.5 Å². The van der Waals surface area contributed by atoms with Gasteiger partial charge in [0.15, 0.2) is 0 Å². The SMILES string of the molecule is COc1ccc2nc(O[C@@H]3C[C@H]4C(=O)N[C@]5(C(=O)NS(=O)(=O)C6CC6)C[C@H]5C=CCCCCC[C@H](NC(=O)OC(C)(C)C)C(=O)N4C3)sc2c1. The van der Waals surface area contributed by atoms with Gasteiger partial charge in [0.05, 0.1) is 29.1 Å². The Kier molecular flexibility index (Phi) is 10.1. The van der Waals surface area contributed by atoms with Gasteiger partial charge >= 0.3 is 6.09 Å². The molecule has 1 aromatic carbocycles. The fourth-order valence-electron chi connectivity index (χ4n) is 6.50. The number of thiazole rings is 1. The van der Waals surface area contributed by atoms with Gasteiger partial charge in [-0.25, -0.2) is 18.2 Å². The van der Waals surface area contributed by atoms with Gasteiger partial charge in [0.1, 0.15) is 35.1 Å². The predicted molar refractivity (Wildman–Crippen MR) is 185 cm³/mol. The first kappa shape index (κ1) is 35.9. The van der Waals surface area contributed by atoms with Crippen LogP contribution < -0.4 is 24.8 Å². The number of ether oxygens (including phenoxy) is 3. The normalized spacial score (nSPS) is 27.6. The molecule has 2 aliphatic carbocycles. The first-order valence-corrected chi connectivity index (χ1v) is 19.5. The number of rotatable bonds is 7. The van der Waals surface area contributed by atoms with Gasteiger partial charge < -0.3 is 29.7 Å². The van der Waals surface area contributed by atoms with E-state index in [0.29, 0.717) is 48.6 Å². The zero-order chi connectivity index (χ0) is 35.8. The lowest BCUT2D eigenvalue weighted by Gasteiger charge is -2.30. The second-order valence-electron chi connectivity index (χ2n) is 14.5. The summed E-state index contributed by atoms with van der Waals surface area (Å²) in [7, 11) is -2.30. The molecular formula is C34H45N5O9S2. The number of fused-ring (bicyclic) bond motifs is 3. The van der Waals surface area contributed by atoms with E-state index in [1.165, 1.54) is 16.2 Å². The maximum absolute atomic E-state index is 14.3. The topological polar surface area (TPSA) is 182 Å². The van der Waals surface area contributed by atoms with Crippen molar-refractivity contribution in [2.75, 3.05) is 13.7 Å². The number of aromatic nitrogens is 1. The molecule has 0 unspecified atom stereocenters. The molecule has 0 bridgehead atoms. The largest absolute Gasteiger partial charge is 0.497 e. The molecule has 3 heterocycles. The van der Waals surface area contributed by atoms with E-state index in [1.807, 2.05) is 24.3 Å². The number of methoxy groups -OCH3 is 1. The third kappa shape index (κ3) is 8.17. The summed E-state index contributed by atoms with van der Waals surface area (Å²) in [5.41, 5.74) is -1.57. The molecule has 2 saturated carbocycles. The number of sulfonamides is 1. The number of alkyl carbamates (subject to hydrolysis) is 1. The Balaban J connectivity index is 1.28. The molecule has 1 aromatic heterocycles. The molecule has 1 saturated heterocycles. The van der Waals surface area contributed by atoms with Crippen molar-refractivity contribution in [2.24, 2.45) is 5.92 Å². The van der Waals surface area contributed by atoms with Gasteiger partial charge in [-0.05, 0) is 77.5 Å². The molecule has 50 heavy (non-hydrogen) atoms. The third-order valence-corrected chi connectivity index (χ3v) is 12.1. The van der Waals surface area contributed by atoms with Crippen LogP contribution in [-0.4, -0.2) is 90.3 Å². The molecule has 0 spiro atoms. The Morgan fingerprint density at radius 2 is 1.90 bits per heavy atom. The zero-order valence-electron chi connectivity index (χ0n) is 28.7. The second kappa shape index (κ2) is 14.0. The van der Waals surface area contributed by atoms with Gasteiger partial charge in [0.2, 0.25) is 21.8 Å². The summed E-state index contributed by atoms with van der Waals surface area (Å²) >= 11 is 1.30. The van der Waals surface area contributed by atoms with Crippen molar-refractivity contribution in [2.45, 2.75) is 113 Å². The number of nitrogens with one attached hydrogen (secondary N) is 3. The summed E-state index contributed by atoms with van der Waals surface area (Å²) in [6.45, 7) is 5.20. The second-order valence-corrected chi connectivity index (χ2v) is 17.5. The summed E-state index contributed by atoms with van der Waals surface area (Å²) in [5.74, 6) is -1.62. The maximum atomic E-state index is 14.3. The highest BCUT2D eigenvalue weighted by atomic mass is 32.2. The fraction of sp³-hybridized carbons (Fsp3) is 0.618. The molecule has 3 fully saturated rings. The van der Waals surface area contributed by atoms with Gasteiger partial charge in [0.25, 0.3) is 11.1 Å². The average molecular weight is 732 g/mol. The Bertz CT molecular complexity index is 1780. The number of allylic oxidation sites excluding steroid dienone is 1. The smallest absolute Gasteiger partial charge is 0.408 e. The number of hydrogen-bond donors (Lipinski definition) is 3. The minimum absolute atomic E-state index is 0.0151. The summed E-state index contributed by atoms with van der Waals surface area (Å²) in [5, 5.41) is 5.33. The number of carbonyl (C=O) groups is 4. The first-order chi connectivity index (χ1) is 23.7. The number of carbonyl (C=O) groups excluding carboxylic acids is 4. The van der Waals surface area contributed by atoms with Crippen molar-refractivity contribution >= 4 is 55.4 Å². The van der Waals surface area contributed by atoms with E-state index < -0.39 is 74.3 Å². The number of nitrogens with zero attached hydrogens (tertiary/aromatic N) is 2. The predicted octanol–water partition coefficient (Wildman–Crippen LogP) is 3.55. The quantitative estimate of drug-likeness (QED) is 0.356. The Morgan fingerprint density at radius 1 is 1.12 bits per heavy atom. The number of benzene rings is 1. The minimum Gasteiger partial charge on any atom is -0.497 e. The van der Waals surface area contributed by atoms with Crippen molar-refractivity contribution in [3.63, 3.8) is 0 Å². The van der Waals surface area contributed by atoms with Crippen LogP contribution in [0.1, 0.15) is 78.6 Å². The molecule has 3 N–H and O–H groups in total. The van der Waals surface area contributed by atoms with Crippen molar-refractivity contribution < 1.29 is 41.8 Å². The molecule has 2 aromatic rings. The number of amides is 4. The Hall–Kier alpha value is -3.92. The molecule has 272 valence electrons. The summed E-state index contributed by atoms with van der Waals surface area (Å²) < 4.78 is 45.6. The summed E-state index contributed by atoms with van der Waals surface area (Å²) in [4.78, 5) is 61.0. The molecular weight excluding hydrogens is 687 g/mol. The molecule has 14 nitrogen and oxygen atoms in total. The molecule has 2 aliphatic heterocycles. The molecule has 16 heteroatoms. The van der Waals surface area contributed by atoms with Crippen LogP contribution >= 0.6 is 11.3 Å². The van der Waals surface area contributed by atoms with Gasteiger partial charge in [-0.3, -0.25) is 19.1 Å². The van der Waals surface area contributed by atoms with E-state index in [1.54, 1.807) is 33.9 Å². The lowest BCUT2D eigenvalue weighted by atomic mass is 10.0. The van der Waals surface area contributed by atoms with Crippen LogP contribution in [0.5, 0.6) is 10.9 Å². The van der Waals surface area contributed by atoms with Crippen molar-refractivity contribution in [3.05, 3.63) is 30.4 Å². The Morgan fingerprint density at radius 3 is 2.62 bits per heavy atom. The van der Waals surface area contributed by atoms with Crippen LogP contribution in [0.25, 0.3) is 10.2 Å². The van der Waals surface area contributed by atoms with Crippen LogP contribution in [0.15, 0.2) is 30.4 Å². The monoisotopic (exact) mass is 731 g/mol. The van der Waals surface area contributed by atoms with E-state index in [-0.39, 0.29) is 19.4 Å². The number of hydrogen-bond acceptors (Lipinski definition) is 11. The standard InChI is InChI=1S/C34H45N5O9S2/c1-33(2,3)48-31(43)35-25-11-9-7-5-6-8-10-20-18-34(20,30(42)38-50(44,45)23-13-14-23)37-28(40)26-16-22(19-39(26)29(25)41)47-32-36-24-15-12-21(46-4)17-27(24)49-32/h8,10,12,15,17,20,22-23,25-26H,5-7,9,11,13-14,16,18-19H2,1-4H3,(H,35,43)(H,37,40)(H,38,42)/t20-,22-,25+,26+,34-/m1/s1. The van der Waals surface area contributed by atoms with Gasteiger partial charge in [-0.1, -0.05) is 36.3 Å². The highest BCUT2D eigenvalue weighted by molar-refractivity contribution is 7.91. The van der Waals surface area contributed by atoms with Crippen molar-refractivity contribution in [1.29, 1.82) is 0 Å². The average Bonchev–Trinajstić information content (AvgIpc) is 3.93. The lowest BCUT2D eigenvalue weighted by Crippen LogP contribution is -2.58. The van der Waals surface area contributed by atoms with Crippen LogP contribution in [0.2, 0.25) is 0 Å². The van der Waals surface area contributed by atoms with E-state index in [4.69, 9.17) is 14.2 Å². The summed E-state index contributed by atoms with van der Waals surface area (Å²) in [6.07, 6.45) is 6.91. The highest BCUT2D eigenvalue weighted by Crippen LogP contribution is 2.46. The lowest BCUT2D eigenvalue weighted by molar-refractivity contribution is -0.141. The van der Waals surface area contributed by atoms with Crippen LogP contribution in [0.4, 0.5) is 4.79 Å². The zero-order valence-corrected chi connectivity index (χ0v) is 30.4. The highest BCUT2D eigenvalue weighted by Gasteiger charge is 2.62. The molecule has 4 aliphatic rings. The summed E-state index contributed by atoms with van der Waals surface area (Å²) in [6, 6.07) is 3.39. The maximum Gasteiger partial charge on any atom is 0.408 e. The van der Waals surface area contributed by atoms with Crippen LogP contribution in [-0.2, 0) is 29.1 Å². The molecule has 6 rings (SSSR count). The fourth-order valence-corrected chi connectivity index (χ4v) is 8.77. The van der Waals surface area contributed by atoms with Gasteiger partial charge in [-0.15, -0.1) is 0 Å².